The number of hydrogen-bond donors (Lipinski definition) is 12. The van der Waals surface area contributed by atoms with Crippen molar-refractivity contribution >= 4 is 137 Å². The first-order valence-corrected chi connectivity index (χ1v) is 42.2. The molecule has 10 heterocycles. The van der Waals surface area contributed by atoms with E-state index >= 15 is 0 Å². The van der Waals surface area contributed by atoms with Crippen molar-refractivity contribution in [3.8, 4) is 0 Å². The van der Waals surface area contributed by atoms with Crippen LogP contribution < -0.4 is 106 Å². The molecular weight excluding hydrogens is 1810 g/mol. The van der Waals surface area contributed by atoms with Crippen molar-refractivity contribution < 1.29 is 110 Å². The van der Waals surface area contributed by atoms with E-state index in [1.807, 2.05) is 49.6 Å². The molecule has 5 unspecified atom stereocenters. The summed E-state index contributed by atoms with van der Waals surface area (Å²) in [7, 11) is 1.28. The number of ether oxygens (including phenoxy) is 4. The summed E-state index contributed by atoms with van der Waals surface area (Å²) in [5.74, 6) is -3.99. The molecule has 0 saturated heterocycles. The van der Waals surface area contributed by atoms with Crippen molar-refractivity contribution in [1.82, 2.24) is 59.7 Å². The molecule has 138 heavy (non-hydrogen) atoms. The number of methoxy groups -OCH3 is 1. The number of hydrazone groups is 2. The monoisotopic (exact) mass is 1910 g/mol. The molecule has 4 aromatic heterocycles. The fourth-order valence-electron chi connectivity index (χ4n) is 14.0. The summed E-state index contributed by atoms with van der Waals surface area (Å²) < 4.78 is 24.4. The Balaban J connectivity index is 0.000000208. The topological polar surface area (TPSA) is 665 Å². The Morgan fingerprint density at radius 1 is 0.500 bits per heavy atom. The van der Waals surface area contributed by atoms with Crippen LogP contribution in [-0.2, 0) is 78.2 Å². The number of primary amides is 2. The zero-order valence-electron chi connectivity index (χ0n) is 74.9. The van der Waals surface area contributed by atoms with Gasteiger partial charge in [0.15, 0.2) is 5.70 Å². The standard InChI is InChI=1S/C20H21N7O6.C20H23N7O4.C16H15N3O4.C15H13N3O4.C12H11NO3.C7H12N2O2.ClH.Li/c21-20(33)26-23-9-12(8-16(28)29)24-18(31)14-6-7-15-22-10-13(19(32)27(14)15)25-17(30)11-4-2-1-3-5-11;1-2-13(10-23-26-20(21)31)24-18(29)15-8-9-16-22-11-14(19(30)27(15)16)25-17(28)12-6-4-3-5-7-12;1-23-16(22)12-7-8-13-17-9-11(15(21)19(12)13)18-14(20)10-5-3-2-4-6-10;19-13(9-4-2-1-3-5-9)17-10-8-16-12-7-6-11(15(21)22)18(12)14(10)20;1-2-15-8-10-12(14)16-11(13-10)9-6-4-3-5-7-9;1-2-11-7(10)5-3-4-6(8)9-5;;/h1-5,9-10,12,14H,6-8H2,(H,24,31)(H,25,30)(H,28,29)(H3,21,26,33);3-7,10-11,13,15H,2,8-9H2,1H3,(H,24,29)(H,25,28)(H3,21,26,31);2-6,9,12H,7-8H2,1H3,(H,18,20);1-5,8,11H,6-7H2,(H,17,19)(H,21,22);3-8H,2H2,1H3;5H,2-4H2,1H3,(H2,8,9);1H;/q;;;;;;;+1/p-1/b23-9+;23-10+;;;10-8-;;;/t12-,14?;13-,15?;;;;;;/m00....../s1. The van der Waals surface area contributed by atoms with Crippen LogP contribution in [-0.4, -0.2) is 183 Å². The number of aromatic nitrogens is 8. The van der Waals surface area contributed by atoms with Crippen molar-refractivity contribution in [1.29, 1.82) is 0 Å². The number of urea groups is 2. The quantitative estimate of drug-likeness (QED) is 0.00663. The number of nitrogens with two attached hydrogens (primary N) is 3. The number of nitrogens with one attached hydrogen (secondary N) is 8. The number of carbonyl (C=O) groups excluding carboxylic acids is 12. The fraction of sp³-hybridized carbons (Fsp3) is 0.278. The maximum absolute atomic E-state index is 13.0. The first-order valence-electron chi connectivity index (χ1n) is 42.2. The van der Waals surface area contributed by atoms with Gasteiger partial charge in [0.1, 0.15) is 76.5 Å². The van der Waals surface area contributed by atoms with Gasteiger partial charge in [-0.2, -0.15) is 10.2 Å². The first-order chi connectivity index (χ1) is 65.4. The van der Waals surface area contributed by atoms with Crippen LogP contribution in [0.15, 0.2) is 228 Å². The minimum Gasteiger partial charge on any atom is -0.548 e. The third-order valence-corrected chi connectivity index (χ3v) is 20.5. The van der Waals surface area contributed by atoms with Crippen LogP contribution in [0.3, 0.4) is 0 Å². The number of esters is 3. The molecular formula is C90H95ClLiN23O23. The van der Waals surface area contributed by atoms with E-state index in [0.29, 0.717) is 128 Å². The second kappa shape index (κ2) is 52.0. The summed E-state index contributed by atoms with van der Waals surface area (Å²) in [6, 6.07) is 35.8. The number of carboxylic acids is 2. The molecule has 716 valence electrons. The van der Waals surface area contributed by atoms with Crippen LogP contribution in [0, 0.1) is 0 Å². The van der Waals surface area contributed by atoms with Gasteiger partial charge >= 0.3 is 54.8 Å². The van der Waals surface area contributed by atoms with Gasteiger partial charge in [0, 0.05) is 72.4 Å². The Hall–Kier alpha value is -16.8. The molecule has 5 aromatic carbocycles. The zero-order valence-corrected chi connectivity index (χ0v) is 75.7. The summed E-state index contributed by atoms with van der Waals surface area (Å²) in [6.07, 6.45) is 13.3. The number of fused-ring (bicyclic) bond motifs is 4. The van der Waals surface area contributed by atoms with Crippen LogP contribution in [0.2, 0.25) is 0 Å². The van der Waals surface area contributed by atoms with E-state index < -0.39 is 130 Å². The van der Waals surface area contributed by atoms with Gasteiger partial charge in [-0.3, -0.25) is 76.0 Å². The van der Waals surface area contributed by atoms with Crippen LogP contribution >= 0.6 is 12.4 Å². The minimum atomic E-state index is -1.32. The number of carbonyl (C=O) groups is 13. The predicted octanol–water partition coefficient (Wildman–Crippen LogP) is 0.380. The summed E-state index contributed by atoms with van der Waals surface area (Å²) in [6.45, 7) is 6.34. The average molecular weight is 1910 g/mol. The number of cyclic esters (lactones) is 1. The second-order valence-electron chi connectivity index (χ2n) is 29.7. The number of anilines is 4. The molecule has 6 aliphatic heterocycles. The number of aryl methyl sites for hydroxylation is 4. The van der Waals surface area contributed by atoms with Crippen LogP contribution in [0.4, 0.5) is 32.3 Å². The smallest absolute Gasteiger partial charge is 0.548 e. The van der Waals surface area contributed by atoms with Gasteiger partial charge in [-0.25, -0.2) is 59.8 Å². The minimum absolute atomic E-state index is 0. The van der Waals surface area contributed by atoms with E-state index in [-0.39, 0.29) is 90.5 Å². The molecule has 0 fully saturated rings. The van der Waals surface area contributed by atoms with Crippen LogP contribution in [0.1, 0.15) is 167 Å². The molecule has 0 spiro atoms. The molecule has 7 atom stereocenters. The number of nitrogens with zero attached hydrogens (tertiary/aromatic N) is 12. The summed E-state index contributed by atoms with van der Waals surface area (Å²) in [5.41, 5.74) is 19.5. The summed E-state index contributed by atoms with van der Waals surface area (Å²) in [4.78, 5) is 228. The molecule has 0 bridgehead atoms. The Bertz CT molecular complexity index is 6370. The molecule has 0 aliphatic carbocycles. The third kappa shape index (κ3) is 29.1. The van der Waals surface area contributed by atoms with E-state index in [2.05, 4.69) is 77.5 Å². The number of amides is 10. The van der Waals surface area contributed by atoms with Crippen molar-refractivity contribution in [2.75, 3.05) is 41.6 Å². The number of hydrogen-bond acceptors (Lipinski definition) is 31. The number of rotatable bonds is 26. The normalized spacial score (nSPS) is 16.3. The van der Waals surface area contributed by atoms with E-state index in [1.54, 1.807) is 128 Å². The Morgan fingerprint density at radius 3 is 1.20 bits per heavy atom. The largest absolute Gasteiger partial charge is 1.00 e. The van der Waals surface area contributed by atoms with Crippen molar-refractivity contribution in [3.05, 3.63) is 281 Å². The van der Waals surface area contributed by atoms with E-state index in [4.69, 9.17) is 41.3 Å². The van der Waals surface area contributed by atoms with Crippen molar-refractivity contribution in [2.45, 2.75) is 140 Å². The Morgan fingerprint density at radius 2 is 0.855 bits per heavy atom. The maximum atomic E-state index is 13.0. The Labute approximate surface area is 802 Å². The molecule has 15 rings (SSSR count). The van der Waals surface area contributed by atoms with E-state index in [9.17, 15) is 86.6 Å². The SMILES string of the molecule is CCO/C=C1\N=C(c2ccccc2)OC1=O.CCOC(=O)C1CCC(N)=N1.CC[C@@H](/C=N/NC(N)=O)NC(=O)C1CCc2ncc(NC(=O)c3ccccc3)c(=O)n21.COC(=O)C1CCc2ncc(NC(=O)c3ccccc3)c(=O)n21.Cl.NC(=O)N/N=C/[C@H](CC(=O)O)NC(=O)C1CCc2ncc(NC(=O)c3ccccc3)c(=O)n21.O=C(Nc1cnc2n(c1=O)C(C(=O)[O-])CC2)c1ccccc1.[Li+]. The average Bonchev–Trinajstić information content (AvgIpc) is 1.65. The van der Waals surface area contributed by atoms with E-state index in [1.165, 1.54) is 58.1 Å². The third-order valence-electron chi connectivity index (χ3n) is 20.5. The number of carboxylic acid groups (broad SMARTS) is 2. The molecule has 9 aromatic rings. The number of amidine groups is 1. The molecule has 10 amide bonds. The second-order valence-corrected chi connectivity index (χ2v) is 29.7. The number of benzene rings is 5. The molecule has 0 saturated carbocycles. The number of aliphatic carboxylic acids is 2. The molecule has 6 aliphatic rings. The molecule has 46 nitrogen and oxygen atoms in total. The number of halogens is 1. The van der Waals surface area contributed by atoms with Gasteiger partial charge in [0.25, 0.3) is 45.9 Å². The molecule has 0 radical (unpaired) electrons. The van der Waals surface area contributed by atoms with Gasteiger partial charge < -0.3 is 83.1 Å². The van der Waals surface area contributed by atoms with Crippen molar-refractivity contribution in [3.63, 3.8) is 0 Å². The molecule has 15 N–H and O–H groups in total. The maximum Gasteiger partial charge on any atom is 1.00 e. The van der Waals surface area contributed by atoms with Gasteiger partial charge in [-0.15, -0.1) is 12.4 Å². The van der Waals surface area contributed by atoms with Crippen LogP contribution in [0.5, 0.6) is 0 Å². The van der Waals surface area contributed by atoms with Gasteiger partial charge in [-0.1, -0.05) is 97.9 Å². The van der Waals surface area contributed by atoms with Crippen LogP contribution in [0.25, 0.3) is 0 Å². The first kappa shape index (κ1) is 107. The number of aliphatic imine (C=N–C) groups is 2. The van der Waals surface area contributed by atoms with Crippen molar-refractivity contribution in [2.24, 2.45) is 37.4 Å². The summed E-state index contributed by atoms with van der Waals surface area (Å²) in [5, 5.41) is 42.6. The Kier molecular flexibility index (Phi) is 40.2. The summed E-state index contributed by atoms with van der Waals surface area (Å²) >= 11 is 0. The fourth-order valence-corrected chi connectivity index (χ4v) is 14.0. The van der Waals surface area contributed by atoms with Gasteiger partial charge in [0.05, 0.1) is 81.5 Å². The molecule has 48 heteroatoms. The predicted molar refractivity (Wildman–Crippen MR) is 494 cm³/mol. The van der Waals surface area contributed by atoms with Gasteiger partial charge in [0.2, 0.25) is 17.7 Å². The zero-order chi connectivity index (χ0) is 98.1. The van der Waals surface area contributed by atoms with E-state index in [0.717, 1.165) is 16.3 Å². The van der Waals surface area contributed by atoms with Gasteiger partial charge in [-0.05, 0) is 113 Å².